The summed E-state index contributed by atoms with van der Waals surface area (Å²) < 4.78 is 11.5. The predicted octanol–water partition coefficient (Wildman–Crippen LogP) is 4.11. The lowest BCUT2D eigenvalue weighted by atomic mass is 10.1. The molecule has 4 N–H and O–H groups in total. The molecular weight excluding hydrogens is 460 g/mol. The van der Waals surface area contributed by atoms with Crippen molar-refractivity contribution in [1.29, 1.82) is 0 Å². The van der Waals surface area contributed by atoms with Gasteiger partial charge >= 0.3 is 6.09 Å². The standard InChI is InChI=1S/C27H34N4O5/c1-16-5-6-17(24(32)29-18-7-8-18)13-23(16)30-25(33)21-14-19(9-10-22(21)28)35-20-11-12-31(15-20)26(34)36-27(2,3)4/h5-6,9-10,13-14,18,20H,7-8,11-12,15,28H2,1-4H3,(H,29,32)(H,30,33)/t20-/m0/s1. The molecule has 2 aromatic rings. The zero-order valence-electron chi connectivity index (χ0n) is 21.2. The second-order valence-corrected chi connectivity index (χ2v) is 10.4. The van der Waals surface area contributed by atoms with Crippen LogP contribution in [-0.4, -0.2) is 53.6 Å². The minimum absolute atomic E-state index is 0.153. The molecule has 36 heavy (non-hydrogen) atoms. The molecule has 2 aliphatic rings. The Labute approximate surface area is 211 Å². The average Bonchev–Trinajstić information content (AvgIpc) is 3.49. The number of aryl methyl sites for hydroxylation is 1. The zero-order chi connectivity index (χ0) is 26.0. The van der Waals surface area contributed by atoms with Crippen LogP contribution >= 0.6 is 0 Å². The van der Waals surface area contributed by atoms with Gasteiger partial charge in [-0.15, -0.1) is 0 Å². The van der Waals surface area contributed by atoms with Gasteiger partial charge in [0.1, 0.15) is 17.5 Å². The van der Waals surface area contributed by atoms with Gasteiger partial charge in [0, 0.05) is 35.9 Å². The molecule has 1 saturated heterocycles. The van der Waals surface area contributed by atoms with E-state index in [9.17, 15) is 14.4 Å². The largest absolute Gasteiger partial charge is 0.488 e. The van der Waals surface area contributed by atoms with Crippen LogP contribution in [0.4, 0.5) is 16.2 Å². The van der Waals surface area contributed by atoms with Crippen molar-refractivity contribution in [2.24, 2.45) is 0 Å². The smallest absolute Gasteiger partial charge is 0.410 e. The number of likely N-dealkylation sites (tertiary alicyclic amines) is 1. The lowest BCUT2D eigenvalue weighted by Gasteiger charge is -2.24. The van der Waals surface area contributed by atoms with Gasteiger partial charge in [-0.1, -0.05) is 6.07 Å². The number of nitrogens with two attached hydrogens (primary N) is 1. The summed E-state index contributed by atoms with van der Waals surface area (Å²) >= 11 is 0. The van der Waals surface area contributed by atoms with Crippen LogP contribution in [-0.2, 0) is 4.74 Å². The molecule has 9 heteroatoms. The highest BCUT2D eigenvalue weighted by Gasteiger charge is 2.31. The molecule has 1 saturated carbocycles. The fraction of sp³-hybridized carbons (Fsp3) is 0.444. The van der Waals surface area contributed by atoms with E-state index in [1.54, 1.807) is 41.3 Å². The maximum atomic E-state index is 13.1. The summed E-state index contributed by atoms with van der Waals surface area (Å²) in [5.41, 5.74) is 7.97. The van der Waals surface area contributed by atoms with Crippen LogP contribution in [0.5, 0.6) is 5.75 Å². The molecule has 0 radical (unpaired) electrons. The SMILES string of the molecule is Cc1ccc(C(=O)NC2CC2)cc1NC(=O)c1cc(O[C@H]2CCN(C(=O)OC(C)(C)C)C2)ccc1N. The molecule has 1 atom stereocenters. The molecule has 9 nitrogen and oxygen atoms in total. The van der Waals surface area contributed by atoms with E-state index in [0.29, 0.717) is 42.2 Å². The van der Waals surface area contributed by atoms with Crippen molar-refractivity contribution in [3.05, 3.63) is 53.1 Å². The molecule has 2 fully saturated rings. The Hall–Kier alpha value is -3.75. The van der Waals surface area contributed by atoms with Crippen LogP contribution in [0, 0.1) is 6.92 Å². The summed E-state index contributed by atoms with van der Waals surface area (Å²) in [5.74, 6) is -0.0674. The van der Waals surface area contributed by atoms with Crippen molar-refractivity contribution in [1.82, 2.24) is 10.2 Å². The van der Waals surface area contributed by atoms with Gasteiger partial charge in [-0.2, -0.15) is 0 Å². The summed E-state index contributed by atoms with van der Waals surface area (Å²) in [7, 11) is 0. The van der Waals surface area contributed by atoms with Crippen molar-refractivity contribution >= 4 is 29.3 Å². The summed E-state index contributed by atoms with van der Waals surface area (Å²) in [4.78, 5) is 39.5. The van der Waals surface area contributed by atoms with E-state index in [2.05, 4.69) is 10.6 Å². The monoisotopic (exact) mass is 494 g/mol. The van der Waals surface area contributed by atoms with Gasteiger partial charge in [0.05, 0.1) is 12.1 Å². The van der Waals surface area contributed by atoms with E-state index in [-0.39, 0.29) is 29.7 Å². The minimum Gasteiger partial charge on any atom is -0.488 e. The van der Waals surface area contributed by atoms with Crippen LogP contribution in [0.2, 0.25) is 0 Å². The first kappa shape index (κ1) is 25.3. The van der Waals surface area contributed by atoms with E-state index in [1.165, 1.54) is 0 Å². The zero-order valence-corrected chi connectivity index (χ0v) is 21.2. The number of rotatable bonds is 6. The number of hydrogen-bond acceptors (Lipinski definition) is 6. The summed E-state index contributed by atoms with van der Waals surface area (Å²) in [6, 6.07) is 10.4. The maximum absolute atomic E-state index is 13.1. The topological polar surface area (TPSA) is 123 Å². The van der Waals surface area contributed by atoms with Crippen LogP contribution in [0.1, 0.15) is 66.3 Å². The maximum Gasteiger partial charge on any atom is 0.410 e. The van der Waals surface area contributed by atoms with Gasteiger partial charge in [-0.25, -0.2) is 4.79 Å². The molecule has 1 aliphatic heterocycles. The second-order valence-electron chi connectivity index (χ2n) is 10.4. The van der Waals surface area contributed by atoms with Gasteiger partial charge in [-0.3, -0.25) is 9.59 Å². The minimum atomic E-state index is -0.561. The molecule has 1 heterocycles. The summed E-state index contributed by atoms with van der Waals surface area (Å²) in [5, 5.41) is 5.83. The van der Waals surface area contributed by atoms with Crippen molar-refractivity contribution in [2.45, 2.75) is 64.7 Å². The summed E-state index contributed by atoms with van der Waals surface area (Å²) in [6.07, 6.45) is 2.06. The lowest BCUT2D eigenvalue weighted by Crippen LogP contribution is -2.36. The Kier molecular flexibility index (Phi) is 7.10. The Bertz CT molecular complexity index is 1170. The Morgan fingerprint density at radius 2 is 1.78 bits per heavy atom. The summed E-state index contributed by atoms with van der Waals surface area (Å²) in [6.45, 7) is 8.28. The van der Waals surface area contributed by atoms with Gasteiger partial charge in [-0.05, 0) is 76.4 Å². The third kappa shape index (κ3) is 6.47. The normalized spacial score (nSPS) is 17.4. The molecule has 4 rings (SSSR count). The molecule has 0 spiro atoms. The number of benzene rings is 2. The van der Waals surface area contributed by atoms with Crippen LogP contribution in [0.15, 0.2) is 36.4 Å². The third-order valence-electron chi connectivity index (χ3n) is 6.03. The third-order valence-corrected chi connectivity index (χ3v) is 6.03. The molecule has 0 aromatic heterocycles. The Balaban J connectivity index is 1.41. The first-order valence-electron chi connectivity index (χ1n) is 12.3. The van der Waals surface area contributed by atoms with Crippen LogP contribution in [0.3, 0.4) is 0 Å². The average molecular weight is 495 g/mol. The quantitative estimate of drug-likeness (QED) is 0.520. The number of nitrogens with one attached hydrogen (secondary N) is 2. The van der Waals surface area contributed by atoms with Gasteiger partial charge in [0.2, 0.25) is 0 Å². The number of nitrogens with zero attached hydrogens (tertiary/aromatic N) is 1. The van der Waals surface area contributed by atoms with Crippen molar-refractivity contribution in [2.75, 3.05) is 24.1 Å². The molecular formula is C27H34N4O5. The van der Waals surface area contributed by atoms with E-state index in [0.717, 1.165) is 18.4 Å². The number of amides is 3. The molecule has 3 amide bonds. The van der Waals surface area contributed by atoms with E-state index < -0.39 is 11.5 Å². The molecule has 192 valence electrons. The second kappa shape index (κ2) is 10.1. The molecule has 0 unspecified atom stereocenters. The fourth-order valence-corrected chi connectivity index (χ4v) is 3.90. The molecule has 1 aliphatic carbocycles. The fourth-order valence-electron chi connectivity index (χ4n) is 3.90. The number of hydrogen-bond donors (Lipinski definition) is 3. The predicted molar refractivity (Wildman–Crippen MR) is 137 cm³/mol. The first-order valence-corrected chi connectivity index (χ1v) is 12.3. The van der Waals surface area contributed by atoms with Gasteiger partial charge in [0.25, 0.3) is 11.8 Å². The Morgan fingerprint density at radius 3 is 2.47 bits per heavy atom. The van der Waals surface area contributed by atoms with Gasteiger partial charge < -0.3 is 30.7 Å². The number of carbonyl (C=O) groups is 3. The number of ether oxygens (including phenoxy) is 2. The van der Waals surface area contributed by atoms with Crippen LogP contribution < -0.4 is 21.1 Å². The highest BCUT2D eigenvalue weighted by Crippen LogP contribution is 2.26. The number of nitrogen functional groups attached to an aromatic ring is 1. The highest BCUT2D eigenvalue weighted by molar-refractivity contribution is 6.09. The van der Waals surface area contributed by atoms with E-state index in [4.69, 9.17) is 15.2 Å². The van der Waals surface area contributed by atoms with Crippen molar-refractivity contribution in [3.8, 4) is 5.75 Å². The molecule has 2 aromatic carbocycles. The van der Waals surface area contributed by atoms with E-state index in [1.807, 2.05) is 27.7 Å². The number of carbonyl (C=O) groups excluding carboxylic acids is 3. The van der Waals surface area contributed by atoms with Crippen LogP contribution in [0.25, 0.3) is 0 Å². The Morgan fingerprint density at radius 1 is 1.03 bits per heavy atom. The highest BCUT2D eigenvalue weighted by atomic mass is 16.6. The van der Waals surface area contributed by atoms with E-state index >= 15 is 0 Å². The van der Waals surface area contributed by atoms with Crippen molar-refractivity contribution < 1.29 is 23.9 Å². The lowest BCUT2D eigenvalue weighted by molar-refractivity contribution is 0.0275. The first-order chi connectivity index (χ1) is 17.0. The van der Waals surface area contributed by atoms with Gasteiger partial charge in [0.15, 0.2) is 0 Å². The number of anilines is 2. The molecule has 0 bridgehead atoms. The van der Waals surface area contributed by atoms with Crippen molar-refractivity contribution in [3.63, 3.8) is 0 Å².